The van der Waals surface area contributed by atoms with Crippen molar-refractivity contribution >= 4 is 5.97 Å². The van der Waals surface area contributed by atoms with E-state index in [1.807, 2.05) is 0 Å². The molecule has 1 aromatic heterocycles. The molecule has 1 aromatic carbocycles. The zero-order chi connectivity index (χ0) is 14.7. The number of furan rings is 1. The SMILES string of the molecule is COC(=O)c1ccc(C(C)Oc2ccc(F)cc2F)o1. The van der Waals surface area contributed by atoms with Gasteiger partial charge in [-0.25, -0.2) is 13.6 Å². The number of rotatable bonds is 4. The third-order valence-electron chi connectivity index (χ3n) is 2.61. The van der Waals surface area contributed by atoms with Crippen LogP contribution in [-0.2, 0) is 4.74 Å². The molecule has 0 fully saturated rings. The van der Waals surface area contributed by atoms with Gasteiger partial charge in [0.1, 0.15) is 11.6 Å². The molecule has 2 aromatic rings. The van der Waals surface area contributed by atoms with Crippen molar-refractivity contribution < 1.29 is 27.5 Å². The van der Waals surface area contributed by atoms with E-state index < -0.39 is 23.7 Å². The maximum atomic E-state index is 13.4. The second-order valence-electron chi connectivity index (χ2n) is 4.03. The molecule has 2 rings (SSSR count). The van der Waals surface area contributed by atoms with Gasteiger partial charge in [-0.1, -0.05) is 0 Å². The van der Waals surface area contributed by atoms with E-state index in [2.05, 4.69) is 4.74 Å². The summed E-state index contributed by atoms with van der Waals surface area (Å²) in [5.74, 6) is -1.86. The molecule has 0 aliphatic rings. The van der Waals surface area contributed by atoms with Crippen molar-refractivity contribution in [2.45, 2.75) is 13.0 Å². The molecule has 0 saturated heterocycles. The molecule has 0 saturated carbocycles. The predicted molar refractivity (Wildman–Crippen MR) is 65.4 cm³/mol. The first-order valence-corrected chi connectivity index (χ1v) is 5.81. The van der Waals surface area contributed by atoms with Crippen molar-refractivity contribution in [3.05, 3.63) is 53.5 Å². The van der Waals surface area contributed by atoms with E-state index in [-0.39, 0.29) is 11.5 Å². The normalized spacial score (nSPS) is 12.0. The van der Waals surface area contributed by atoms with Crippen LogP contribution < -0.4 is 4.74 Å². The zero-order valence-corrected chi connectivity index (χ0v) is 10.9. The molecule has 0 amide bonds. The number of methoxy groups -OCH3 is 1. The molecule has 106 valence electrons. The average Bonchev–Trinajstić information content (AvgIpc) is 2.90. The van der Waals surface area contributed by atoms with E-state index in [0.29, 0.717) is 5.76 Å². The second-order valence-corrected chi connectivity index (χ2v) is 4.03. The lowest BCUT2D eigenvalue weighted by Gasteiger charge is -2.12. The summed E-state index contributed by atoms with van der Waals surface area (Å²) < 4.78 is 41.3. The number of esters is 1. The van der Waals surface area contributed by atoms with Crippen molar-refractivity contribution in [1.82, 2.24) is 0 Å². The van der Waals surface area contributed by atoms with E-state index in [1.54, 1.807) is 6.92 Å². The van der Waals surface area contributed by atoms with Gasteiger partial charge >= 0.3 is 5.97 Å². The molecule has 1 unspecified atom stereocenters. The van der Waals surface area contributed by atoms with E-state index in [0.717, 1.165) is 12.1 Å². The second kappa shape index (κ2) is 5.73. The molecule has 4 nitrogen and oxygen atoms in total. The Morgan fingerprint density at radius 3 is 2.65 bits per heavy atom. The Morgan fingerprint density at radius 2 is 2.00 bits per heavy atom. The Kier molecular flexibility index (Phi) is 4.02. The van der Waals surface area contributed by atoms with Gasteiger partial charge in [-0.3, -0.25) is 0 Å². The lowest BCUT2D eigenvalue weighted by molar-refractivity contribution is 0.0558. The van der Waals surface area contributed by atoms with Crippen LogP contribution in [0.2, 0.25) is 0 Å². The van der Waals surface area contributed by atoms with Crippen molar-refractivity contribution in [2.24, 2.45) is 0 Å². The molecule has 0 bridgehead atoms. The molecular formula is C14H12F2O4. The van der Waals surface area contributed by atoms with Crippen molar-refractivity contribution in [3.63, 3.8) is 0 Å². The van der Waals surface area contributed by atoms with Crippen LogP contribution in [0.1, 0.15) is 29.3 Å². The summed E-state index contributed by atoms with van der Waals surface area (Å²) in [6.07, 6.45) is -0.645. The Balaban J connectivity index is 2.13. The van der Waals surface area contributed by atoms with Crippen LogP contribution in [0.3, 0.4) is 0 Å². The summed E-state index contributed by atoms with van der Waals surface area (Å²) in [5, 5.41) is 0. The fraction of sp³-hybridized carbons (Fsp3) is 0.214. The maximum Gasteiger partial charge on any atom is 0.373 e. The van der Waals surface area contributed by atoms with Crippen LogP contribution in [0.5, 0.6) is 5.75 Å². The summed E-state index contributed by atoms with van der Waals surface area (Å²) in [5.41, 5.74) is 0. The van der Waals surface area contributed by atoms with E-state index >= 15 is 0 Å². The van der Waals surface area contributed by atoms with E-state index in [9.17, 15) is 13.6 Å². The molecule has 6 heteroatoms. The first kappa shape index (κ1) is 14.0. The minimum absolute atomic E-state index is 0.0255. The number of carbonyl (C=O) groups is 1. The van der Waals surface area contributed by atoms with E-state index in [1.165, 1.54) is 25.3 Å². The maximum absolute atomic E-state index is 13.4. The standard InChI is InChI=1S/C14H12F2O4/c1-8(11-5-6-13(20-11)14(17)18-2)19-12-4-3-9(15)7-10(12)16/h3-8H,1-2H3. The van der Waals surface area contributed by atoms with Crippen LogP contribution in [-0.4, -0.2) is 13.1 Å². The third-order valence-corrected chi connectivity index (χ3v) is 2.61. The molecule has 20 heavy (non-hydrogen) atoms. The molecular weight excluding hydrogens is 270 g/mol. The highest BCUT2D eigenvalue weighted by Gasteiger charge is 2.17. The van der Waals surface area contributed by atoms with Gasteiger partial charge in [0.25, 0.3) is 0 Å². The first-order chi connectivity index (χ1) is 9.51. The molecule has 0 spiro atoms. The average molecular weight is 282 g/mol. The smallest absolute Gasteiger partial charge is 0.373 e. The minimum atomic E-state index is -0.809. The Labute approximate surface area is 113 Å². The number of ether oxygens (including phenoxy) is 2. The Hall–Kier alpha value is -2.37. The summed E-state index contributed by atoms with van der Waals surface area (Å²) >= 11 is 0. The minimum Gasteiger partial charge on any atom is -0.480 e. The fourth-order valence-electron chi connectivity index (χ4n) is 1.60. The number of carbonyl (C=O) groups excluding carboxylic acids is 1. The summed E-state index contributed by atoms with van der Waals surface area (Å²) in [7, 11) is 1.23. The van der Waals surface area contributed by atoms with Gasteiger partial charge < -0.3 is 13.9 Å². The summed E-state index contributed by atoms with van der Waals surface area (Å²) in [6, 6.07) is 5.96. The van der Waals surface area contributed by atoms with Crippen molar-refractivity contribution in [2.75, 3.05) is 7.11 Å². The lowest BCUT2D eigenvalue weighted by Crippen LogP contribution is -2.04. The first-order valence-electron chi connectivity index (χ1n) is 5.81. The van der Waals surface area contributed by atoms with Crippen LogP contribution in [0.4, 0.5) is 8.78 Å². The van der Waals surface area contributed by atoms with Gasteiger partial charge in [0, 0.05) is 6.07 Å². The summed E-state index contributed by atoms with van der Waals surface area (Å²) in [4.78, 5) is 11.2. The number of benzene rings is 1. The van der Waals surface area contributed by atoms with Gasteiger partial charge in [-0.05, 0) is 31.2 Å². The lowest BCUT2D eigenvalue weighted by atomic mass is 10.3. The highest BCUT2D eigenvalue weighted by atomic mass is 19.1. The quantitative estimate of drug-likeness (QED) is 0.805. The van der Waals surface area contributed by atoms with Crippen LogP contribution in [0.25, 0.3) is 0 Å². The number of hydrogen-bond acceptors (Lipinski definition) is 4. The largest absolute Gasteiger partial charge is 0.480 e. The number of halogens is 2. The highest BCUT2D eigenvalue weighted by Crippen LogP contribution is 2.26. The van der Waals surface area contributed by atoms with Crippen molar-refractivity contribution in [1.29, 1.82) is 0 Å². The van der Waals surface area contributed by atoms with Crippen LogP contribution >= 0.6 is 0 Å². The van der Waals surface area contributed by atoms with Gasteiger partial charge in [0.2, 0.25) is 5.76 Å². The van der Waals surface area contributed by atoms with Gasteiger partial charge in [0.15, 0.2) is 17.7 Å². The third kappa shape index (κ3) is 2.96. The highest BCUT2D eigenvalue weighted by molar-refractivity contribution is 5.86. The van der Waals surface area contributed by atoms with Gasteiger partial charge in [-0.2, -0.15) is 0 Å². The molecule has 1 atom stereocenters. The molecule has 0 aliphatic heterocycles. The van der Waals surface area contributed by atoms with Crippen molar-refractivity contribution in [3.8, 4) is 5.75 Å². The van der Waals surface area contributed by atoms with E-state index in [4.69, 9.17) is 9.15 Å². The molecule has 0 radical (unpaired) electrons. The van der Waals surface area contributed by atoms with Crippen LogP contribution in [0.15, 0.2) is 34.7 Å². The molecule has 1 heterocycles. The fourth-order valence-corrected chi connectivity index (χ4v) is 1.60. The Bertz CT molecular complexity index is 621. The summed E-state index contributed by atoms with van der Waals surface area (Å²) in [6.45, 7) is 1.61. The molecule has 0 aliphatic carbocycles. The zero-order valence-electron chi connectivity index (χ0n) is 10.9. The predicted octanol–water partition coefficient (Wildman–Crippen LogP) is 3.48. The number of hydrogen-bond donors (Lipinski definition) is 0. The van der Waals surface area contributed by atoms with Crippen LogP contribution in [0, 0.1) is 11.6 Å². The van der Waals surface area contributed by atoms with Gasteiger partial charge in [0.05, 0.1) is 7.11 Å². The van der Waals surface area contributed by atoms with Gasteiger partial charge in [-0.15, -0.1) is 0 Å². The Morgan fingerprint density at radius 1 is 1.25 bits per heavy atom. The topological polar surface area (TPSA) is 48.7 Å². The molecule has 0 N–H and O–H groups in total. The monoisotopic (exact) mass is 282 g/mol.